The lowest BCUT2D eigenvalue weighted by Crippen LogP contribution is -2.56. The molecule has 0 spiro atoms. The van der Waals surface area contributed by atoms with Crippen molar-refractivity contribution in [3.63, 3.8) is 0 Å². The zero-order valence-electron chi connectivity index (χ0n) is 24.4. The predicted molar refractivity (Wildman–Crippen MR) is 160 cm³/mol. The molecule has 44 heavy (non-hydrogen) atoms. The Kier molecular flexibility index (Phi) is 8.66. The van der Waals surface area contributed by atoms with Crippen molar-refractivity contribution >= 4 is 27.1 Å². The molecule has 234 valence electrons. The van der Waals surface area contributed by atoms with Gasteiger partial charge in [0, 0.05) is 35.8 Å². The van der Waals surface area contributed by atoms with Crippen LogP contribution in [-0.4, -0.2) is 64.8 Å². The maximum absolute atomic E-state index is 13.2. The van der Waals surface area contributed by atoms with Crippen molar-refractivity contribution in [2.75, 3.05) is 25.1 Å². The average Bonchev–Trinajstić information content (AvgIpc) is 3.22. The van der Waals surface area contributed by atoms with Crippen LogP contribution in [0.25, 0.3) is 11.1 Å². The molecule has 3 atom stereocenters. The number of nitrogens with zero attached hydrogens (tertiary/aromatic N) is 3. The van der Waals surface area contributed by atoms with Gasteiger partial charge in [-0.3, -0.25) is 9.69 Å². The maximum atomic E-state index is 13.2. The van der Waals surface area contributed by atoms with Gasteiger partial charge in [-0.2, -0.15) is 0 Å². The number of ether oxygens (including phenoxy) is 3. The van der Waals surface area contributed by atoms with E-state index in [9.17, 15) is 27.9 Å². The van der Waals surface area contributed by atoms with Crippen LogP contribution in [0.2, 0.25) is 0 Å². The van der Waals surface area contributed by atoms with Crippen LogP contribution in [0.15, 0.2) is 54.6 Å². The van der Waals surface area contributed by atoms with Gasteiger partial charge in [0.05, 0.1) is 25.4 Å². The van der Waals surface area contributed by atoms with E-state index in [1.54, 1.807) is 19.1 Å². The third kappa shape index (κ3) is 7.01. The van der Waals surface area contributed by atoms with Crippen molar-refractivity contribution in [3.8, 4) is 22.6 Å². The summed E-state index contributed by atoms with van der Waals surface area (Å²) in [6.07, 6.45) is -6.04. The van der Waals surface area contributed by atoms with Crippen LogP contribution in [0.1, 0.15) is 43.2 Å². The molecule has 2 saturated heterocycles. The maximum Gasteiger partial charge on any atom is 0.573 e. The van der Waals surface area contributed by atoms with Crippen LogP contribution in [0.4, 0.5) is 23.8 Å². The number of cyclic esters (lactones) is 1. The number of pyridine rings is 1. The normalized spacial score (nSPS) is 19.4. The van der Waals surface area contributed by atoms with E-state index in [1.807, 2.05) is 24.3 Å². The highest BCUT2D eigenvalue weighted by Crippen LogP contribution is 2.40. The Morgan fingerprint density at radius 3 is 2.57 bits per heavy atom. The highest BCUT2D eigenvalue weighted by atomic mass is 31.0. The average molecular weight is 632 g/mol. The molecule has 9 nitrogen and oxygen atoms in total. The molecule has 13 heteroatoms. The Labute approximate surface area is 255 Å². The third-order valence-electron chi connectivity index (χ3n) is 7.70. The number of rotatable bonds is 10. The Balaban J connectivity index is 1.49. The van der Waals surface area contributed by atoms with Crippen molar-refractivity contribution < 1.29 is 42.1 Å². The minimum atomic E-state index is -4.86. The van der Waals surface area contributed by atoms with E-state index in [1.165, 1.54) is 30.2 Å². The minimum Gasteiger partial charge on any atom is -0.496 e. The second kappa shape index (κ2) is 12.1. The van der Waals surface area contributed by atoms with Crippen molar-refractivity contribution in [3.05, 3.63) is 71.4 Å². The molecule has 3 unspecified atom stereocenters. The molecular weight excluding hydrogens is 598 g/mol. The first-order valence-corrected chi connectivity index (χ1v) is 14.6. The number of hydrogen-bond donors (Lipinski definition) is 1. The monoisotopic (exact) mass is 631 g/mol. The molecule has 3 heterocycles. The number of aromatic nitrogens is 1. The molecule has 2 aromatic carbocycles. The van der Waals surface area contributed by atoms with Gasteiger partial charge in [0.25, 0.3) is 0 Å². The number of halogens is 3. The van der Waals surface area contributed by atoms with Crippen LogP contribution in [-0.2, 0) is 22.5 Å². The summed E-state index contributed by atoms with van der Waals surface area (Å²) in [6, 6.07) is 14.1. The minimum absolute atomic E-state index is 0.0354. The first-order chi connectivity index (χ1) is 20.7. The van der Waals surface area contributed by atoms with Gasteiger partial charge in [0.15, 0.2) is 0 Å². The fourth-order valence-electron chi connectivity index (χ4n) is 5.60. The number of carbonyl (C=O) groups excluding carboxylic acids is 1. The number of aryl methyl sites for hydroxylation is 1. The summed E-state index contributed by atoms with van der Waals surface area (Å²) < 4.78 is 53.9. The van der Waals surface area contributed by atoms with Crippen LogP contribution in [0, 0.1) is 0 Å². The molecular formula is C31H33F3N3O6P. The van der Waals surface area contributed by atoms with Gasteiger partial charge in [-0.1, -0.05) is 25.1 Å². The SMILES string of the molecule is COc1ccc(CCC(=O)O)cc1-c1ccc(N2CC(C)(P)C2)nc1CN1C(=O)OC(c2cccc(OC(F)(F)F)c2)C1C. The van der Waals surface area contributed by atoms with Crippen molar-refractivity contribution in [2.45, 2.75) is 56.9 Å². The molecule has 1 amide bonds. The first kappa shape index (κ1) is 31.4. The number of carboxylic acid groups (broad SMARTS) is 1. The number of anilines is 1. The number of carboxylic acids is 1. The van der Waals surface area contributed by atoms with E-state index < -0.39 is 36.3 Å². The van der Waals surface area contributed by atoms with Crippen molar-refractivity contribution in [1.29, 1.82) is 0 Å². The number of benzene rings is 2. The van der Waals surface area contributed by atoms with E-state index in [0.29, 0.717) is 34.6 Å². The third-order valence-corrected chi connectivity index (χ3v) is 8.07. The van der Waals surface area contributed by atoms with Gasteiger partial charge in [-0.05, 0) is 60.9 Å². The molecule has 0 saturated carbocycles. The molecule has 3 aromatic rings. The smallest absolute Gasteiger partial charge is 0.496 e. The lowest BCUT2D eigenvalue weighted by Gasteiger charge is -2.46. The molecule has 1 aromatic heterocycles. The molecule has 0 aliphatic carbocycles. The van der Waals surface area contributed by atoms with Gasteiger partial charge >= 0.3 is 18.4 Å². The van der Waals surface area contributed by atoms with E-state index in [-0.39, 0.29) is 18.1 Å². The Hall–Kier alpha value is -4.05. The second-order valence-electron chi connectivity index (χ2n) is 11.4. The number of aliphatic carboxylic acids is 1. The molecule has 2 aliphatic heterocycles. The molecule has 0 bridgehead atoms. The Bertz CT molecular complexity index is 1560. The second-order valence-corrected chi connectivity index (χ2v) is 12.8. The topological polar surface area (TPSA) is 101 Å². The van der Waals surface area contributed by atoms with Crippen LogP contribution < -0.4 is 14.4 Å². The molecule has 1 N–H and O–H groups in total. The van der Waals surface area contributed by atoms with Gasteiger partial charge < -0.3 is 24.2 Å². The first-order valence-electron chi connectivity index (χ1n) is 14.0. The number of alkyl halides is 3. The zero-order chi connectivity index (χ0) is 31.8. The number of hydrogen-bond acceptors (Lipinski definition) is 7. The molecule has 2 aliphatic rings. The fourth-order valence-corrected chi connectivity index (χ4v) is 6.04. The van der Waals surface area contributed by atoms with Crippen LogP contribution >= 0.6 is 9.24 Å². The van der Waals surface area contributed by atoms with E-state index in [4.69, 9.17) is 14.5 Å². The number of amides is 1. The fraction of sp³-hybridized carbons (Fsp3) is 0.387. The lowest BCUT2D eigenvalue weighted by molar-refractivity contribution is -0.274. The van der Waals surface area contributed by atoms with Gasteiger partial charge in [-0.25, -0.2) is 9.78 Å². The molecule has 0 radical (unpaired) electrons. The summed E-state index contributed by atoms with van der Waals surface area (Å²) in [6.45, 7) is 5.50. The van der Waals surface area contributed by atoms with Crippen molar-refractivity contribution in [1.82, 2.24) is 9.88 Å². The number of methoxy groups -OCH3 is 1. The molecule has 5 rings (SSSR count). The summed E-state index contributed by atoms with van der Waals surface area (Å²) in [5.41, 5.74) is 3.12. The van der Waals surface area contributed by atoms with Crippen LogP contribution in [0.5, 0.6) is 11.5 Å². The Morgan fingerprint density at radius 1 is 1.16 bits per heavy atom. The van der Waals surface area contributed by atoms with E-state index in [2.05, 4.69) is 25.8 Å². The van der Waals surface area contributed by atoms with Gasteiger partial charge in [0.1, 0.15) is 23.4 Å². The summed E-state index contributed by atoms with van der Waals surface area (Å²) in [7, 11) is 4.39. The van der Waals surface area contributed by atoms with Gasteiger partial charge in [-0.15, -0.1) is 22.4 Å². The zero-order valence-corrected chi connectivity index (χ0v) is 25.6. The van der Waals surface area contributed by atoms with Gasteiger partial charge in [0.2, 0.25) is 0 Å². The van der Waals surface area contributed by atoms with Crippen LogP contribution in [0.3, 0.4) is 0 Å². The molecule has 2 fully saturated rings. The van der Waals surface area contributed by atoms with E-state index >= 15 is 0 Å². The summed E-state index contributed by atoms with van der Waals surface area (Å²) in [5, 5.41) is 9.25. The van der Waals surface area contributed by atoms with Crippen molar-refractivity contribution in [2.24, 2.45) is 0 Å². The standard InChI is InChI=1S/C31H33F3N3O6P/c1-18-28(20-5-4-6-21(14-20)43-31(32,33)34)42-29(40)37(18)15-24-22(9-11-26(35-24)36-16-30(2,44)17-36)23-13-19(8-12-27(38)39)7-10-25(23)41-3/h4-7,9-11,13-14,18,28H,8,12,15-17,44H2,1-3H3,(H,38,39). The quantitative estimate of drug-likeness (QED) is 0.264. The highest BCUT2D eigenvalue weighted by molar-refractivity contribution is 7.19. The highest BCUT2D eigenvalue weighted by Gasteiger charge is 2.41. The predicted octanol–water partition coefficient (Wildman–Crippen LogP) is 6.21. The summed E-state index contributed by atoms with van der Waals surface area (Å²) in [4.78, 5) is 33.0. The number of carbonyl (C=O) groups is 2. The summed E-state index contributed by atoms with van der Waals surface area (Å²) >= 11 is 0. The largest absolute Gasteiger partial charge is 0.573 e. The lowest BCUT2D eigenvalue weighted by atomic mass is 9.97. The van der Waals surface area contributed by atoms with E-state index in [0.717, 1.165) is 24.5 Å². The Morgan fingerprint density at radius 2 is 1.91 bits per heavy atom. The summed E-state index contributed by atoms with van der Waals surface area (Å²) in [5.74, 6) is -0.0219.